The topological polar surface area (TPSA) is 69.1 Å². The Bertz CT molecular complexity index is 997. The SMILES string of the molecule is CCC1CC2(C#N)CC(C2)N1C(=O)CC(C)(C)c1c[nH]c2ccc(OC)c(F)c12. The third kappa shape index (κ3) is 2.99. The number of H-pyrrole nitrogens is 1. The summed E-state index contributed by atoms with van der Waals surface area (Å²) in [5.41, 5.74) is 0.700. The van der Waals surface area contributed by atoms with Gasteiger partial charge < -0.3 is 14.6 Å². The second-order valence-electron chi connectivity index (χ2n) is 9.29. The Morgan fingerprint density at radius 1 is 1.41 bits per heavy atom. The Kier molecular flexibility index (Phi) is 4.60. The van der Waals surface area contributed by atoms with Crippen molar-refractivity contribution in [1.82, 2.24) is 9.88 Å². The van der Waals surface area contributed by atoms with Crippen LogP contribution in [0, 0.1) is 22.6 Å². The van der Waals surface area contributed by atoms with Crippen LogP contribution in [0.4, 0.5) is 4.39 Å². The van der Waals surface area contributed by atoms with Gasteiger partial charge in [0.05, 0.1) is 18.6 Å². The minimum absolute atomic E-state index is 0.0933. The molecule has 1 aliphatic carbocycles. The summed E-state index contributed by atoms with van der Waals surface area (Å²) in [7, 11) is 1.45. The maximum absolute atomic E-state index is 15.0. The minimum atomic E-state index is -0.547. The Labute approximate surface area is 170 Å². The fraction of sp³-hybridized carbons (Fsp3) is 0.565. The lowest BCUT2D eigenvalue weighted by Crippen LogP contribution is -2.63. The number of aromatic amines is 1. The number of ether oxygens (including phenoxy) is 1. The molecule has 2 saturated heterocycles. The highest BCUT2D eigenvalue weighted by molar-refractivity contribution is 5.88. The molecule has 2 aliphatic heterocycles. The van der Waals surface area contributed by atoms with Gasteiger partial charge in [0.2, 0.25) is 5.91 Å². The van der Waals surface area contributed by atoms with Gasteiger partial charge in [-0.3, -0.25) is 4.79 Å². The molecule has 3 aliphatic rings. The van der Waals surface area contributed by atoms with Gasteiger partial charge in [0.15, 0.2) is 11.6 Å². The van der Waals surface area contributed by atoms with Gasteiger partial charge in [0.25, 0.3) is 0 Å². The maximum Gasteiger partial charge on any atom is 0.223 e. The predicted molar refractivity (Wildman–Crippen MR) is 109 cm³/mol. The van der Waals surface area contributed by atoms with Gasteiger partial charge in [-0.15, -0.1) is 0 Å². The number of rotatable bonds is 5. The Morgan fingerprint density at radius 3 is 2.76 bits per heavy atom. The molecule has 2 aromatic rings. The molecule has 1 amide bonds. The number of benzene rings is 1. The second-order valence-corrected chi connectivity index (χ2v) is 9.29. The van der Waals surface area contributed by atoms with Crippen molar-refractivity contribution in [2.45, 2.75) is 70.4 Å². The lowest BCUT2D eigenvalue weighted by atomic mass is 9.58. The average molecular weight is 397 g/mol. The number of amides is 1. The second kappa shape index (κ2) is 6.76. The molecular weight excluding hydrogens is 369 g/mol. The summed E-state index contributed by atoms with van der Waals surface area (Å²) < 4.78 is 20.1. The number of fused-ring (bicyclic) bond motifs is 3. The van der Waals surface area contributed by atoms with Crippen LogP contribution in [-0.2, 0) is 10.2 Å². The Balaban J connectivity index is 1.62. The number of hydrogen-bond donors (Lipinski definition) is 1. The van der Waals surface area contributed by atoms with Crippen LogP contribution in [0.2, 0.25) is 0 Å². The molecule has 29 heavy (non-hydrogen) atoms. The first-order chi connectivity index (χ1) is 13.7. The molecule has 1 unspecified atom stereocenters. The van der Waals surface area contributed by atoms with Crippen molar-refractivity contribution >= 4 is 16.8 Å². The number of nitrogens with zero attached hydrogens (tertiary/aromatic N) is 2. The number of nitriles is 1. The number of carbonyl (C=O) groups is 1. The summed E-state index contributed by atoms with van der Waals surface area (Å²) in [6.07, 6.45) is 5.28. The van der Waals surface area contributed by atoms with Crippen LogP contribution in [0.15, 0.2) is 18.3 Å². The van der Waals surface area contributed by atoms with Crippen LogP contribution in [-0.4, -0.2) is 35.0 Å². The van der Waals surface area contributed by atoms with Crippen LogP contribution in [0.25, 0.3) is 10.9 Å². The fourth-order valence-corrected chi connectivity index (χ4v) is 5.36. The number of carbonyl (C=O) groups excluding carboxylic acids is 1. The molecule has 6 heteroatoms. The molecule has 1 aromatic carbocycles. The van der Waals surface area contributed by atoms with Crippen molar-refractivity contribution in [3.63, 3.8) is 0 Å². The van der Waals surface area contributed by atoms with E-state index in [1.165, 1.54) is 7.11 Å². The van der Waals surface area contributed by atoms with Gasteiger partial charge in [-0.05, 0) is 43.4 Å². The number of nitrogens with one attached hydrogen (secondary N) is 1. The van der Waals surface area contributed by atoms with Crippen LogP contribution in [0.1, 0.15) is 58.4 Å². The highest BCUT2D eigenvalue weighted by Gasteiger charge is 2.56. The highest BCUT2D eigenvalue weighted by atomic mass is 19.1. The zero-order valence-electron chi connectivity index (χ0n) is 17.5. The monoisotopic (exact) mass is 397 g/mol. The van der Waals surface area contributed by atoms with E-state index in [0.717, 1.165) is 31.2 Å². The van der Waals surface area contributed by atoms with E-state index in [0.29, 0.717) is 17.3 Å². The molecule has 3 heterocycles. The van der Waals surface area contributed by atoms with Crippen LogP contribution >= 0.6 is 0 Å². The first-order valence-corrected chi connectivity index (χ1v) is 10.3. The van der Waals surface area contributed by atoms with E-state index in [1.54, 1.807) is 18.3 Å². The van der Waals surface area contributed by atoms with Gasteiger partial charge in [-0.2, -0.15) is 5.26 Å². The predicted octanol–water partition coefficient (Wildman–Crippen LogP) is 4.67. The molecule has 1 N–H and O–H groups in total. The lowest BCUT2D eigenvalue weighted by Gasteiger charge is -2.58. The van der Waals surface area contributed by atoms with E-state index in [-0.39, 0.29) is 29.2 Å². The molecule has 0 spiro atoms. The maximum atomic E-state index is 15.0. The molecule has 5 rings (SSSR count). The van der Waals surface area contributed by atoms with Crippen molar-refractivity contribution < 1.29 is 13.9 Å². The van der Waals surface area contributed by atoms with Crippen LogP contribution < -0.4 is 4.74 Å². The number of piperidine rings is 2. The van der Waals surface area contributed by atoms with Crippen molar-refractivity contribution in [2.75, 3.05) is 7.11 Å². The molecule has 5 nitrogen and oxygen atoms in total. The van der Waals surface area contributed by atoms with Crippen molar-refractivity contribution in [3.05, 3.63) is 29.7 Å². The van der Waals surface area contributed by atoms with E-state index in [9.17, 15) is 14.4 Å². The summed E-state index contributed by atoms with van der Waals surface area (Å²) in [6, 6.07) is 6.16. The van der Waals surface area contributed by atoms with E-state index in [2.05, 4.69) is 18.0 Å². The molecule has 2 bridgehead atoms. The van der Waals surface area contributed by atoms with Crippen LogP contribution in [0.3, 0.4) is 0 Å². The number of hydrogen-bond acceptors (Lipinski definition) is 3. The third-order valence-electron chi connectivity index (χ3n) is 6.95. The summed E-state index contributed by atoms with van der Waals surface area (Å²) >= 11 is 0. The normalized spacial score (nSPS) is 26.1. The van der Waals surface area contributed by atoms with Gasteiger partial charge in [0.1, 0.15) is 0 Å². The van der Waals surface area contributed by atoms with Crippen LogP contribution in [0.5, 0.6) is 5.75 Å². The van der Waals surface area contributed by atoms with Crippen molar-refractivity contribution in [3.8, 4) is 11.8 Å². The van der Waals surface area contributed by atoms with E-state index < -0.39 is 11.2 Å². The number of aromatic nitrogens is 1. The minimum Gasteiger partial charge on any atom is -0.494 e. The molecule has 1 aromatic heterocycles. The largest absolute Gasteiger partial charge is 0.494 e. The molecule has 1 saturated carbocycles. The lowest BCUT2D eigenvalue weighted by molar-refractivity contribution is -0.152. The molecule has 0 radical (unpaired) electrons. The summed E-state index contributed by atoms with van der Waals surface area (Å²) in [5.74, 6) is -0.107. The zero-order chi connectivity index (χ0) is 21.0. The van der Waals surface area contributed by atoms with E-state index in [4.69, 9.17) is 4.74 Å². The average Bonchev–Trinajstić information content (AvgIpc) is 3.12. The molecule has 154 valence electrons. The standard InChI is InChI=1S/C23H28FN3O2/c1-5-14-8-23(13-25)9-15(10-23)27(14)19(28)11-22(2,3)16-12-26-17-6-7-18(29-4)21(24)20(16)17/h6-7,12,14-15,26H,5,8-11H2,1-4H3. The summed E-state index contributed by atoms with van der Waals surface area (Å²) in [4.78, 5) is 18.5. The highest BCUT2D eigenvalue weighted by Crippen LogP contribution is 2.53. The van der Waals surface area contributed by atoms with Gasteiger partial charge in [-0.1, -0.05) is 20.8 Å². The van der Waals surface area contributed by atoms with Gasteiger partial charge in [0, 0.05) is 41.0 Å². The fourth-order valence-electron chi connectivity index (χ4n) is 5.36. The van der Waals surface area contributed by atoms with E-state index >= 15 is 0 Å². The number of methoxy groups -OCH3 is 1. The van der Waals surface area contributed by atoms with E-state index in [1.807, 2.05) is 18.7 Å². The Hall–Kier alpha value is -2.55. The smallest absolute Gasteiger partial charge is 0.223 e. The van der Waals surface area contributed by atoms with Gasteiger partial charge in [-0.25, -0.2) is 4.39 Å². The Morgan fingerprint density at radius 2 is 2.14 bits per heavy atom. The number of halogens is 1. The summed E-state index contributed by atoms with van der Waals surface area (Å²) in [5, 5.41) is 9.99. The van der Waals surface area contributed by atoms with Crippen molar-refractivity contribution in [2.24, 2.45) is 5.41 Å². The molecule has 1 atom stereocenters. The van der Waals surface area contributed by atoms with Crippen molar-refractivity contribution in [1.29, 1.82) is 5.26 Å². The molecular formula is C23H28FN3O2. The first kappa shape index (κ1) is 19.8. The first-order valence-electron chi connectivity index (χ1n) is 10.3. The third-order valence-corrected chi connectivity index (χ3v) is 6.95. The van der Waals surface area contributed by atoms with Gasteiger partial charge >= 0.3 is 0 Å². The quantitative estimate of drug-likeness (QED) is 0.797. The molecule has 3 fully saturated rings. The zero-order valence-corrected chi connectivity index (χ0v) is 17.5. The summed E-state index contributed by atoms with van der Waals surface area (Å²) in [6.45, 7) is 6.04.